The van der Waals surface area contributed by atoms with Crippen molar-refractivity contribution in [3.8, 4) is 0 Å². The van der Waals surface area contributed by atoms with Crippen LogP contribution in [0.25, 0.3) is 0 Å². The van der Waals surface area contributed by atoms with Crippen LogP contribution in [0.2, 0.25) is 0 Å². The van der Waals surface area contributed by atoms with Crippen LogP contribution in [0.3, 0.4) is 0 Å². The summed E-state index contributed by atoms with van der Waals surface area (Å²) in [6.07, 6.45) is 1.09. The Morgan fingerprint density at radius 1 is 1.14 bits per heavy atom. The quantitative estimate of drug-likeness (QED) is 0.595. The summed E-state index contributed by atoms with van der Waals surface area (Å²) in [6.45, 7) is 0. The van der Waals surface area contributed by atoms with E-state index in [9.17, 15) is 13.2 Å². The van der Waals surface area contributed by atoms with Gasteiger partial charge in [0.1, 0.15) is 12.0 Å². The average Bonchev–Trinajstić information content (AvgIpc) is 2.06. The van der Waals surface area contributed by atoms with Crippen molar-refractivity contribution in [3.05, 3.63) is 35.4 Å². The van der Waals surface area contributed by atoms with Gasteiger partial charge in [0.15, 0.2) is 0 Å². The van der Waals surface area contributed by atoms with Gasteiger partial charge in [-0.2, -0.15) is 8.42 Å². The van der Waals surface area contributed by atoms with Gasteiger partial charge in [-0.1, -0.05) is 24.3 Å². The molecule has 1 aromatic rings. The van der Waals surface area contributed by atoms with Gasteiger partial charge in [-0.25, -0.2) is 0 Å². The molecule has 0 amide bonds. The van der Waals surface area contributed by atoms with Crippen molar-refractivity contribution < 1.29 is 17.8 Å². The molecule has 0 spiro atoms. The molecule has 0 saturated carbocycles. The Hall–Kier alpha value is -1.20. The largest absolute Gasteiger partial charge is 0.303 e. The molecule has 76 valence electrons. The zero-order valence-electron chi connectivity index (χ0n) is 7.38. The molecule has 0 bridgehead atoms. The summed E-state index contributed by atoms with van der Waals surface area (Å²) >= 11 is 0. The lowest BCUT2D eigenvalue weighted by Gasteiger charge is -1.99. The maximum Gasteiger partial charge on any atom is 0.269 e. The topological polar surface area (TPSA) is 71.4 Å². The molecule has 0 fully saturated rings. The van der Waals surface area contributed by atoms with E-state index in [1.54, 1.807) is 24.3 Å². The molecule has 0 unspecified atom stereocenters. The number of aldehydes is 1. The lowest BCUT2D eigenvalue weighted by molar-refractivity contribution is -0.107. The summed E-state index contributed by atoms with van der Waals surface area (Å²) in [7, 11) is -3.97. The minimum Gasteiger partial charge on any atom is -0.303 e. The lowest BCUT2D eigenvalue weighted by Crippen LogP contribution is -2.01. The summed E-state index contributed by atoms with van der Waals surface area (Å²) in [5.41, 5.74) is 1.32. The summed E-state index contributed by atoms with van der Waals surface area (Å²) in [5.74, 6) is -0.394. The third-order valence-corrected chi connectivity index (χ3v) is 2.39. The maximum atomic E-state index is 10.5. The highest BCUT2D eigenvalue weighted by molar-refractivity contribution is 7.85. The van der Waals surface area contributed by atoms with Crippen molar-refractivity contribution >= 4 is 16.4 Å². The van der Waals surface area contributed by atoms with Crippen LogP contribution < -0.4 is 0 Å². The van der Waals surface area contributed by atoms with Gasteiger partial charge in [-0.3, -0.25) is 4.55 Å². The van der Waals surface area contributed by atoms with Gasteiger partial charge in [0, 0.05) is 6.42 Å². The van der Waals surface area contributed by atoms with Crippen molar-refractivity contribution in [2.45, 2.75) is 12.2 Å². The Morgan fingerprint density at radius 3 is 2.07 bits per heavy atom. The highest BCUT2D eigenvalue weighted by Crippen LogP contribution is 2.07. The van der Waals surface area contributed by atoms with Gasteiger partial charge < -0.3 is 4.79 Å². The van der Waals surface area contributed by atoms with Crippen molar-refractivity contribution in [3.63, 3.8) is 0 Å². The van der Waals surface area contributed by atoms with Crippen LogP contribution >= 0.6 is 0 Å². The number of hydrogen-bond donors (Lipinski definition) is 1. The highest BCUT2D eigenvalue weighted by atomic mass is 32.2. The smallest absolute Gasteiger partial charge is 0.269 e. The summed E-state index contributed by atoms with van der Waals surface area (Å²) in [4.78, 5) is 10.2. The van der Waals surface area contributed by atoms with E-state index in [4.69, 9.17) is 4.55 Å². The lowest BCUT2D eigenvalue weighted by atomic mass is 10.1. The Labute approximate surface area is 82.3 Å². The van der Waals surface area contributed by atoms with Crippen LogP contribution in [-0.2, 0) is 27.1 Å². The molecule has 0 aliphatic carbocycles. The molecule has 1 aromatic carbocycles. The number of carbonyl (C=O) groups excluding carboxylic acids is 1. The fraction of sp³-hybridized carbons (Fsp3) is 0.222. The van der Waals surface area contributed by atoms with Gasteiger partial charge in [0.2, 0.25) is 0 Å². The molecule has 0 atom stereocenters. The van der Waals surface area contributed by atoms with Crippen LogP contribution in [0.5, 0.6) is 0 Å². The second-order valence-corrected chi connectivity index (χ2v) is 4.37. The van der Waals surface area contributed by atoms with E-state index in [0.29, 0.717) is 12.0 Å². The number of benzene rings is 1. The summed E-state index contributed by atoms with van der Waals surface area (Å²) in [6, 6.07) is 6.48. The molecular weight excluding hydrogens is 204 g/mol. The molecule has 0 aliphatic heterocycles. The molecule has 0 saturated heterocycles. The second-order valence-electron chi connectivity index (χ2n) is 2.91. The first kappa shape index (κ1) is 10.9. The maximum absolute atomic E-state index is 10.5. The molecule has 0 radical (unpaired) electrons. The number of carbonyl (C=O) groups is 1. The van der Waals surface area contributed by atoms with Gasteiger partial charge in [-0.15, -0.1) is 0 Å². The monoisotopic (exact) mass is 214 g/mol. The molecule has 1 N–H and O–H groups in total. The standard InChI is InChI=1S/C9H10O4S/c10-6-5-8-1-3-9(4-2-8)7-14(11,12)13/h1-4,6H,5,7H2,(H,11,12,13). The van der Waals surface area contributed by atoms with E-state index in [2.05, 4.69) is 0 Å². The predicted molar refractivity (Wildman–Crippen MR) is 51.5 cm³/mol. The van der Waals surface area contributed by atoms with Crippen LogP contribution in [0.4, 0.5) is 0 Å². The third-order valence-electron chi connectivity index (χ3n) is 1.69. The van der Waals surface area contributed by atoms with Crippen LogP contribution in [-0.4, -0.2) is 19.3 Å². The third kappa shape index (κ3) is 3.68. The Morgan fingerprint density at radius 2 is 1.64 bits per heavy atom. The number of rotatable bonds is 4. The van der Waals surface area contributed by atoms with Crippen LogP contribution in [0.1, 0.15) is 11.1 Å². The van der Waals surface area contributed by atoms with Gasteiger partial charge >= 0.3 is 0 Å². The van der Waals surface area contributed by atoms with Crippen LogP contribution in [0.15, 0.2) is 24.3 Å². The molecular formula is C9H10O4S. The fourth-order valence-corrected chi connectivity index (χ4v) is 1.69. The minimum absolute atomic E-state index is 0.312. The SMILES string of the molecule is O=CCc1ccc(CS(=O)(=O)O)cc1. The molecule has 1 rings (SSSR count). The minimum atomic E-state index is -3.97. The van der Waals surface area contributed by atoms with E-state index < -0.39 is 15.9 Å². The van der Waals surface area contributed by atoms with E-state index in [1.165, 1.54) is 0 Å². The van der Waals surface area contributed by atoms with Crippen LogP contribution in [0, 0.1) is 0 Å². The van der Waals surface area contributed by atoms with Gasteiger partial charge in [0.25, 0.3) is 10.1 Å². The van der Waals surface area contributed by atoms with E-state index >= 15 is 0 Å². The summed E-state index contributed by atoms with van der Waals surface area (Å²) < 4.78 is 29.6. The van der Waals surface area contributed by atoms with Crippen molar-refractivity contribution in [2.24, 2.45) is 0 Å². The molecule has 0 aliphatic rings. The van der Waals surface area contributed by atoms with E-state index in [-0.39, 0.29) is 0 Å². The summed E-state index contributed by atoms with van der Waals surface area (Å²) in [5, 5.41) is 0. The molecule has 5 heteroatoms. The fourth-order valence-electron chi connectivity index (χ4n) is 1.08. The number of hydrogen-bond acceptors (Lipinski definition) is 3. The zero-order chi connectivity index (χ0) is 10.6. The van der Waals surface area contributed by atoms with E-state index in [0.717, 1.165) is 11.8 Å². The Kier molecular flexibility index (Phi) is 3.38. The van der Waals surface area contributed by atoms with Crippen molar-refractivity contribution in [1.82, 2.24) is 0 Å². The first-order valence-electron chi connectivity index (χ1n) is 3.98. The first-order chi connectivity index (χ1) is 6.51. The van der Waals surface area contributed by atoms with Crippen molar-refractivity contribution in [1.29, 1.82) is 0 Å². The second kappa shape index (κ2) is 4.34. The highest BCUT2D eigenvalue weighted by Gasteiger charge is 2.05. The predicted octanol–water partition coefficient (Wildman–Crippen LogP) is 0.816. The Bertz CT molecular complexity index is 405. The Balaban J connectivity index is 2.78. The van der Waals surface area contributed by atoms with Gasteiger partial charge in [0.05, 0.1) is 0 Å². The molecule has 0 aromatic heterocycles. The van der Waals surface area contributed by atoms with Gasteiger partial charge in [-0.05, 0) is 11.1 Å². The molecule has 0 heterocycles. The van der Waals surface area contributed by atoms with E-state index in [1.807, 2.05) is 0 Å². The average molecular weight is 214 g/mol. The zero-order valence-corrected chi connectivity index (χ0v) is 8.20. The molecule has 4 nitrogen and oxygen atoms in total. The normalized spacial score (nSPS) is 11.2. The molecule has 14 heavy (non-hydrogen) atoms. The van der Waals surface area contributed by atoms with Crippen molar-refractivity contribution in [2.75, 3.05) is 0 Å². The first-order valence-corrected chi connectivity index (χ1v) is 5.59.